The first kappa shape index (κ1) is 12.8. The Morgan fingerprint density at radius 3 is 2.59 bits per heavy atom. The van der Waals surface area contributed by atoms with Crippen LogP contribution in [0, 0.1) is 5.82 Å². The molecule has 1 N–H and O–H groups in total. The molecule has 1 aromatic rings. The van der Waals surface area contributed by atoms with Crippen molar-refractivity contribution in [2.75, 3.05) is 18.5 Å². The van der Waals surface area contributed by atoms with Crippen LogP contribution in [0.15, 0.2) is 22.7 Å². The van der Waals surface area contributed by atoms with Gasteiger partial charge in [0.2, 0.25) is 0 Å². The average molecular weight is 304 g/mol. The zero-order valence-corrected chi connectivity index (χ0v) is 11.4. The quantitative estimate of drug-likeness (QED) is 0.910. The van der Waals surface area contributed by atoms with Crippen LogP contribution in [0.5, 0.6) is 0 Å². The summed E-state index contributed by atoms with van der Waals surface area (Å²) in [6, 6.07) is 4.88. The second kappa shape index (κ2) is 4.92. The molecule has 0 amide bonds. The van der Waals surface area contributed by atoms with Crippen molar-refractivity contribution < 1.29 is 13.9 Å². The molecule has 5 heteroatoms. The lowest BCUT2D eigenvalue weighted by Gasteiger charge is -2.35. The SMILES string of the molecule is CC1(C)OCC(Nc2ccc(Br)cc2F)CO1. The maximum Gasteiger partial charge on any atom is 0.162 e. The molecule has 0 bridgehead atoms. The second-order valence-electron chi connectivity index (χ2n) is 4.49. The third kappa shape index (κ3) is 3.40. The summed E-state index contributed by atoms with van der Waals surface area (Å²) in [5.41, 5.74) is 0.463. The van der Waals surface area contributed by atoms with Crippen molar-refractivity contribution in [2.24, 2.45) is 0 Å². The largest absolute Gasteiger partial charge is 0.375 e. The minimum absolute atomic E-state index is 0.0290. The van der Waals surface area contributed by atoms with Crippen LogP contribution < -0.4 is 5.32 Å². The molecular formula is C12H15BrFNO2. The topological polar surface area (TPSA) is 30.5 Å². The van der Waals surface area contributed by atoms with Crippen LogP contribution in [-0.4, -0.2) is 25.0 Å². The van der Waals surface area contributed by atoms with E-state index in [0.717, 1.165) is 4.47 Å². The summed E-state index contributed by atoms with van der Waals surface area (Å²) in [5, 5.41) is 3.07. The Balaban J connectivity index is 1.98. The summed E-state index contributed by atoms with van der Waals surface area (Å²) < 4.78 is 25.3. The Kier molecular flexibility index (Phi) is 3.70. The Bertz CT molecular complexity index is 401. The molecule has 1 saturated heterocycles. The molecule has 0 saturated carbocycles. The highest BCUT2D eigenvalue weighted by atomic mass is 79.9. The number of hydrogen-bond acceptors (Lipinski definition) is 3. The first-order valence-corrected chi connectivity index (χ1v) is 6.25. The van der Waals surface area contributed by atoms with E-state index in [2.05, 4.69) is 21.2 Å². The number of nitrogens with one attached hydrogen (secondary N) is 1. The van der Waals surface area contributed by atoms with Gasteiger partial charge in [0, 0.05) is 4.47 Å². The van der Waals surface area contributed by atoms with E-state index in [-0.39, 0.29) is 11.9 Å². The standard InChI is InChI=1S/C12H15BrFNO2/c1-12(2)16-6-9(7-17-12)15-11-4-3-8(13)5-10(11)14/h3-5,9,15H,6-7H2,1-2H3. The molecule has 1 aliphatic rings. The van der Waals surface area contributed by atoms with Crippen LogP contribution in [-0.2, 0) is 9.47 Å². The van der Waals surface area contributed by atoms with Crippen molar-refractivity contribution in [1.29, 1.82) is 0 Å². The molecule has 0 aromatic heterocycles. The molecule has 0 spiro atoms. The van der Waals surface area contributed by atoms with Gasteiger partial charge in [-0.25, -0.2) is 4.39 Å². The summed E-state index contributed by atoms with van der Waals surface area (Å²) in [6.45, 7) is 4.73. The van der Waals surface area contributed by atoms with Crippen molar-refractivity contribution in [3.05, 3.63) is 28.5 Å². The average Bonchev–Trinajstić information content (AvgIpc) is 2.25. The molecule has 0 radical (unpaired) electrons. The number of benzene rings is 1. The number of ether oxygens (including phenoxy) is 2. The van der Waals surface area contributed by atoms with Crippen LogP contribution in [0.4, 0.5) is 10.1 Å². The third-order valence-corrected chi connectivity index (χ3v) is 3.05. The summed E-state index contributed by atoms with van der Waals surface area (Å²) >= 11 is 3.22. The first-order valence-electron chi connectivity index (χ1n) is 5.46. The van der Waals surface area contributed by atoms with E-state index in [9.17, 15) is 4.39 Å². The van der Waals surface area contributed by atoms with Gasteiger partial charge in [-0.05, 0) is 32.0 Å². The molecule has 0 aliphatic carbocycles. The van der Waals surface area contributed by atoms with Gasteiger partial charge in [-0.2, -0.15) is 0 Å². The Labute approximate surface area is 108 Å². The molecule has 17 heavy (non-hydrogen) atoms. The predicted molar refractivity (Wildman–Crippen MR) is 67.5 cm³/mol. The number of anilines is 1. The fourth-order valence-corrected chi connectivity index (χ4v) is 1.94. The van der Waals surface area contributed by atoms with Gasteiger partial charge in [-0.15, -0.1) is 0 Å². The Morgan fingerprint density at radius 2 is 2.00 bits per heavy atom. The highest BCUT2D eigenvalue weighted by molar-refractivity contribution is 9.10. The first-order chi connectivity index (χ1) is 7.96. The Morgan fingerprint density at radius 1 is 1.35 bits per heavy atom. The fourth-order valence-electron chi connectivity index (χ4n) is 1.60. The molecule has 2 rings (SSSR count). The van der Waals surface area contributed by atoms with Crippen molar-refractivity contribution in [1.82, 2.24) is 0 Å². The number of hydrogen-bond donors (Lipinski definition) is 1. The summed E-state index contributed by atoms with van der Waals surface area (Å²) in [4.78, 5) is 0. The molecular weight excluding hydrogens is 289 g/mol. The lowest BCUT2D eigenvalue weighted by molar-refractivity contribution is -0.247. The van der Waals surface area contributed by atoms with Crippen molar-refractivity contribution in [3.8, 4) is 0 Å². The molecule has 1 aromatic carbocycles. The minimum Gasteiger partial charge on any atom is -0.375 e. The van der Waals surface area contributed by atoms with Gasteiger partial charge >= 0.3 is 0 Å². The zero-order chi connectivity index (χ0) is 12.5. The van der Waals surface area contributed by atoms with Crippen LogP contribution in [0.25, 0.3) is 0 Å². The molecule has 1 aliphatic heterocycles. The fraction of sp³-hybridized carbons (Fsp3) is 0.500. The van der Waals surface area contributed by atoms with Crippen molar-refractivity contribution >= 4 is 21.6 Å². The summed E-state index contributed by atoms with van der Waals surface area (Å²) in [5.74, 6) is -0.833. The van der Waals surface area contributed by atoms with Crippen LogP contribution in [0.3, 0.4) is 0 Å². The van der Waals surface area contributed by atoms with E-state index in [0.29, 0.717) is 18.9 Å². The molecule has 1 heterocycles. The third-order valence-electron chi connectivity index (χ3n) is 2.55. The maximum atomic E-state index is 13.6. The van der Waals surface area contributed by atoms with Gasteiger partial charge < -0.3 is 14.8 Å². The van der Waals surface area contributed by atoms with E-state index in [1.807, 2.05) is 13.8 Å². The molecule has 0 unspecified atom stereocenters. The monoisotopic (exact) mass is 303 g/mol. The van der Waals surface area contributed by atoms with E-state index in [1.54, 1.807) is 12.1 Å². The zero-order valence-electron chi connectivity index (χ0n) is 9.80. The minimum atomic E-state index is -0.545. The predicted octanol–water partition coefficient (Wildman–Crippen LogP) is 3.15. The number of rotatable bonds is 2. The van der Waals surface area contributed by atoms with Gasteiger partial charge in [0.25, 0.3) is 0 Å². The van der Waals surface area contributed by atoms with Crippen molar-refractivity contribution in [3.63, 3.8) is 0 Å². The molecule has 1 fully saturated rings. The van der Waals surface area contributed by atoms with Crippen LogP contribution in [0.1, 0.15) is 13.8 Å². The highest BCUT2D eigenvalue weighted by Gasteiger charge is 2.28. The highest BCUT2D eigenvalue weighted by Crippen LogP contribution is 2.23. The maximum absolute atomic E-state index is 13.6. The lowest BCUT2D eigenvalue weighted by Crippen LogP contribution is -2.45. The van der Waals surface area contributed by atoms with E-state index in [1.165, 1.54) is 6.07 Å². The Hall–Kier alpha value is -0.650. The summed E-state index contributed by atoms with van der Waals surface area (Å²) in [6.07, 6.45) is 0. The van der Waals surface area contributed by atoms with Gasteiger partial charge in [0.1, 0.15) is 5.82 Å². The van der Waals surface area contributed by atoms with E-state index >= 15 is 0 Å². The van der Waals surface area contributed by atoms with Gasteiger partial charge in [-0.1, -0.05) is 15.9 Å². The van der Waals surface area contributed by atoms with Gasteiger partial charge in [-0.3, -0.25) is 0 Å². The summed E-state index contributed by atoms with van der Waals surface area (Å²) in [7, 11) is 0. The van der Waals surface area contributed by atoms with Crippen LogP contribution >= 0.6 is 15.9 Å². The van der Waals surface area contributed by atoms with Crippen molar-refractivity contribution in [2.45, 2.75) is 25.7 Å². The van der Waals surface area contributed by atoms with Gasteiger partial charge in [0.05, 0.1) is 24.9 Å². The smallest absolute Gasteiger partial charge is 0.162 e. The van der Waals surface area contributed by atoms with E-state index in [4.69, 9.17) is 9.47 Å². The lowest BCUT2D eigenvalue weighted by atomic mass is 10.2. The molecule has 0 atom stereocenters. The number of halogens is 2. The second-order valence-corrected chi connectivity index (χ2v) is 5.40. The van der Waals surface area contributed by atoms with E-state index < -0.39 is 5.79 Å². The van der Waals surface area contributed by atoms with Gasteiger partial charge in [0.15, 0.2) is 5.79 Å². The van der Waals surface area contributed by atoms with Crippen LogP contribution in [0.2, 0.25) is 0 Å². The molecule has 3 nitrogen and oxygen atoms in total. The molecule has 94 valence electrons. The normalized spacial score (nSPS) is 20.2.